The number of aromatic nitrogens is 3. The van der Waals surface area contributed by atoms with Crippen molar-refractivity contribution in [1.82, 2.24) is 15.0 Å². The van der Waals surface area contributed by atoms with Crippen LogP contribution in [-0.2, 0) is 0 Å². The zero-order chi connectivity index (χ0) is 18.8. The number of amides is 1. The number of hydrogen-bond acceptors (Lipinski definition) is 6. The number of carbonyl (C=O) groups is 1. The highest BCUT2D eigenvalue weighted by atomic mass is 35.5. The van der Waals surface area contributed by atoms with Crippen LogP contribution in [-0.4, -0.2) is 20.9 Å². The van der Waals surface area contributed by atoms with Crippen LogP contribution in [0.15, 0.2) is 24.4 Å². The molecule has 2 aromatic heterocycles. The summed E-state index contributed by atoms with van der Waals surface area (Å²) in [4.78, 5) is 25.3. The summed E-state index contributed by atoms with van der Waals surface area (Å²) in [5.41, 5.74) is 1.17. The Bertz CT molecular complexity index is 972. The van der Waals surface area contributed by atoms with Gasteiger partial charge in [-0.25, -0.2) is 15.0 Å². The van der Waals surface area contributed by atoms with Crippen LogP contribution in [0, 0.1) is 13.8 Å². The van der Waals surface area contributed by atoms with Crippen LogP contribution in [0.1, 0.15) is 21.1 Å². The smallest absolute Gasteiger partial charge is 0.267 e. The van der Waals surface area contributed by atoms with Gasteiger partial charge in [0.1, 0.15) is 21.7 Å². The van der Waals surface area contributed by atoms with Gasteiger partial charge in [0.05, 0.1) is 16.9 Å². The third kappa shape index (κ3) is 4.24. The van der Waals surface area contributed by atoms with Gasteiger partial charge in [-0.1, -0.05) is 46.1 Å². The minimum absolute atomic E-state index is 0.320. The fourth-order valence-electron chi connectivity index (χ4n) is 2.12. The molecule has 134 valence electrons. The lowest BCUT2D eigenvalue weighted by molar-refractivity contribution is 0.103. The summed E-state index contributed by atoms with van der Waals surface area (Å²) >= 11 is 19.3. The molecule has 6 nitrogen and oxygen atoms in total. The number of thiazole rings is 1. The lowest BCUT2D eigenvalue weighted by Gasteiger charge is -2.10. The number of rotatable bonds is 4. The summed E-state index contributed by atoms with van der Waals surface area (Å²) in [5, 5.41) is 7.52. The topological polar surface area (TPSA) is 79.8 Å². The number of hydrogen-bond donors (Lipinski definition) is 2. The Labute approximate surface area is 168 Å². The molecule has 0 spiro atoms. The van der Waals surface area contributed by atoms with E-state index in [0.29, 0.717) is 48.1 Å². The lowest BCUT2D eigenvalue weighted by atomic mass is 10.2. The van der Waals surface area contributed by atoms with Gasteiger partial charge >= 0.3 is 0 Å². The number of aryl methyl sites for hydroxylation is 1. The molecule has 10 heteroatoms. The van der Waals surface area contributed by atoms with Gasteiger partial charge in [0.2, 0.25) is 0 Å². The van der Waals surface area contributed by atoms with Gasteiger partial charge in [0, 0.05) is 11.1 Å². The summed E-state index contributed by atoms with van der Waals surface area (Å²) in [6.45, 7) is 3.51. The fourth-order valence-corrected chi connectivity index (χ4v) is 3.48. The molecular weight excluding hydrogens is 417 g/mol. The number of halogens is 3. The van der Waals surface area contributed by atoms with Crippen molar-refractivity contribution in [2.75, 3.05) is 10.6 Å². The Hall–Kier alpha value is -1.93. The second-order valence-corrected chi connectivity index (χ2v) is 7.49. The molecule has 0 fully saturated rings. The minimum atomic E-state index is -0.334. The minimum Gasteiger partial charge on any atom is -0.320 e. The molecule has 3 aromatic rings. The Kier molecular flexibility index (Phi) is 5.62. The van der Waals surface area contributed by atoms with Gasteiger partial charge < -0.3 is 10.6 Å². The first kappa shape index (κ1) is 18.8. The molecule has 0 aliphatic heterocycles. The van der Waals surface area contributed by atoms with Crippen LogP contribution in [0.5, 0.6) is 0 Å². The molecule has 26 heavy (non-hydrogen) atoms. The van der Waals surface area contributed by atoms with Gasteiger partial charge in [-0.05, 0) is 31.5 Å². The van der Waals surface area contributed by atoms with Crippen molar-refractivity contribution < 1.29 is 4.79 Å². The monoisotopic (exact) mass is 427 g/mol. The van der Waals surface area contributed by atoms with E-state index >= 15 is 0 Å². The van der Waals surface area contributed by atoms with Crippen molar-refractivity contribution >= 4 is 68.7 Å². The molecule has 2 heterocycles. The zero-order valence-electron chi connectivity index (χ0n) is 13.6. The second kappa shape index (κ2) is 7.75. The first-order chi connectivity index (χ1) is 12.3. The maximum absolute atomic E-state index is 12.5. The van der Waals surface area contributed by atoms with Crippen molar-refractivity contribution in [3.05, 3.63) is 55.9 Å². The molecule has 1 amide bonds. The maximum Gasteiger partial charge on any atom is 0.267 e. The van der Waals surface area contributed by atoms with Crippen molar-refractivity contribution in [2.45, 2.75) is 13.8 Å². The third-order valence-electron chi connectivity index (χ3n) is 3.36. The van der Waals surface area contributed by atoms with Crippen molar-refractivity contribution in [2.24, 2.45) is 0 Å². The van der Waals surface area contributed by atoms with Crippen molar-refractivity contribution in [1.29, 1.82) is 0 Å². The largest absolute Gasteiger partial charge is 0.320 e. The highest BCUT2D eigenvalue weighted by molar-refractivity contribution is 7.17. The van der Waals surface area contributed by atoms with E-state index in [9.17, 15) is 4.79 Å². The quantitative estimate of drug-likeness (QED) is 0.536. The van der Waals surface area contributed by atoms with E-state index in [2.05, 4.69) is 25.6 Å². The van der Waals surface area contributed by atoms with E-state index in [1.807, 2.05) is 0 Å². The second-order valence-electron chi connectivity index (χ2n) is 5.26. The average Bonchev–Trinajstić information content (AvgIpc) is 3.02. The Morgan fingerprint density at radius 3 is 2.58 bits per heavy atom. The number of benzene rings is 1. The molecule has 3 rings (SSSR count). The SMILES string of the molecule is Cc1nc(Cl)cc(Nc2ncc(C(=O)Nc3c(Cl)ccc(Cl)c3C)s2)n1. The standard InChI is InChI=1S/C16H12Cl3N5OS/c1-7-9(17)3-4-10(18)14(7)24-15(25)11-6-20-16(26-11)23-13-5-12(19)21-8(2)22-13/h3-6H,1-2H3,(H,24,25)(H,20,21,22,23). The van der Waals surface area contributed by atoms with Crippen molar-refractivity contribution in [3.63, 3.8) is 0 Å². The molecule has 1 aromatic carbocycles. The molecular formula is C16H12Cl3N5OS. The Morgan fingerprint density at radius 2 is 1.85 bits per heavy atom. The van der Waals surface area contributed by atoms with Crippen LogP contribution in [0.25, 0.3) is 0 Å². The molecule has 2 N–H and O–H groups in total. The zero-order valence-corrected chi connectivity index (χ0v) is 16.7. The Morgan fingerprint density at radius 1 is 1.12 bits per heavy atom. The van der Waals surface area contributed by atoms with E-state index in [1.165, 1.54) is 17.5 Å². The molecule has 0 bridgehead atoms. The molecule has 0 saturated heterocycles. The molecule has 0 aliphatic rings. The molecule has 0 unspecified atom stereocenters. The van der Waals surface area contributed by atoms with Gasteiger partial charge in [0.15, 0.2) is 5.13 Å². The molecule has 0 atom stereocenters. The van der Waals surface area contributed by atoms with Crippen LogP contribution in [0.3, 0.4) is 0 Å². The van der Waals surface area contributed by atoms with Gasteiger partial charge in [-0.15, -0.1) is 0 Å². The first-order valence-electron chi connectivity index (χ1n) is 7.33. The highest BCUT2D eigenvalue weighted by Crippen LogP contribution is 2.32. The maximum atomic E-state index is 12.5. The summed E-state index contributed by atoms with van der Waals surface area (Å²) in [7, 11) is 0. The van der Waals surface area contributed by atoms with Crippen LogP contribution in [0.2, 0.25) is 15.2 Å². The number of nitrogens with one attached hydrogen (secondary N) is 2. The first-order valence-corrected chi connectivity index (χ1v) is 9.28. The lowest BCUT2D eigenvalue weighted by Crippen LogP contribution is -2.11. The average molecular weight is 429 g/mol. The third-order valence-corrected chi connectivity index (χ3v) is 5.19. The predicted molar refractivity (Wildman–Crippen MR) is 106 cm³/mol. The number of nitrogens with zero attached hydrogens (tertiary/aromatic N) is 3. The van der Waals surface area contributed by atoms with E-state index in [0.717, 1.165) is 0 Å². The normalized spacial score (nSPS) is 10.7. The van der Waals surface area contributed by atoms with Crippen LogP contribution < -0.4 is 10.6 Å². The Balaban J connectivity index is 1.77. The fraction of sp³-hybridized carbons (Fsp3) is 0.125. The van der Waals surface area contributed by atoms with Gasteiger partial charge in [0.25, 0.3) is 5.91 Å². The summed E-state index contributed by atoms with van der Waals surface area (Å²) in [5.74, 6) is 0.692. The van der Waals surface area contributed by atoms with E-state index < -0.39 is 0 Å². The summed E-state index contributed by atoms with van der Waals surface area (Å²) < 4.78 is 0. The van der Waals surface area contributed by atoms with Crippen LogP contribution >= 0.6 is 46.1 Å². The molecule has 0 aliphatic carbocycles. The highest BCUT2D eigenvalue weighted by Gasteiger charge is 2.15. The summed E-state index contributed by atoms with van der Waals surface area (Å²) in [6.07, 6.45) is 1.46. The molecule has 0 radical (unpaired) electrons. The van der Waals surface area contributed by atoms with E-state index in [-0.39, 0.29) is 5.91 Å². The van der Waals surface area contributed by atoms with E-state index in [4.69, 9.17) is 34.8 Å². The predicted octanol–water partition coefficient (Wildman–Crippen LogP) is 5.51. The van der Waals surface area contributed by atoms with E-state index in [1.54, 1.807) is 32.0 Å². The summed E-state index contributed by atoms with van der Waals surface area (Å²) in [6, 6.07) is 4.89. The van der Waals surface area contributed by atoms with Gasteiger partial charge in [-0.2, -0.15) is 0 Å². The number of carbonyl (C=O) groups excluding carboxylic acids is 1. The van der Waals surface area contributed by atoms with Crippen molar-refractivity contribution in [3.8, 4) is 0 Å². The van der Waals surface area contributed by atoms with Gasteiger partial charge in [-0.3, -0.25) is 4.79 Å². The molecule has 0 saturated carbocycles. The van der Waals surface area contributed by atoms with Crippen LogP contribution in [0.4, 0.5) is 16.6 Å². The number of anilines is 3.